The maximum absolute atomic E-state index is 12.8. The van der Waals surface area contributed by atoms with Crippen molar-refractivity contribution in [2.24, 2.45) is 0 Å². The molecule has 0 unspecified atom stereocenters. The van der Waals surface area contributed by atoms with Crippen LogP contribution in [0.15, 0.2) is 12.1 Å². The van der Waals surface area contributed by atoms with Gasteiger partial charge in [0.1, 0.15) is 0 Å². The first kappa shape index (κ1) is 16.1. The minimum atomic E-state index is -5.32. The maximum atomic E-state index is 12.8. The fourth-order valence-corrected chi connectivity index (χ4v) is 2.03. The van der Waals surface area contributed by atoms with Crippen molar-refractivity contribution in [2.75, 3.05) is 7.11 Å². The SMILES string of the molecule is COC(=O)c1cc(I)cc(C(F)(F)F)c1C(F)(F)F. The first-order valence-corrected chi connectivity index (χ1v) is 5.62. The molecule has 2 nitrogen and oxygen atoms in total. The smallest absolute Gasteiger partial charge is 0.417 e. The lowest BCUT2D eigenvalue weighted by Gasteiger charge is -2.18. The van der Waals surface area contributed by atoms with E-state index >= 15 is 0 Å². The Hall–Kier alpha value is -1.00. The van der Waals surface area contributed by atoms with Gasteiger partial charge in [-0.15, -0.1) is 0 Å². The average Bonchev–Trinajstić information content (AvgIpc) is 2.23. The molecule has 0 saturated carbocycles. The highest BCUT2D eigenvalue weighted by Crippen LogP contribution is 2.43. The number of hydrogen-bond donors (Lipinski definition) is 0. The van der Waals surface area contributed by atoms with E-state index in [9.17, 15) is 31.1 Å². The second-order valence-corrected chi connectivity index (χ2v) is 4.61. The number of halogens is 7. The molecule has 0 saturated heterocycles. The van der Waals surface area contributed by atoms with Gasteiger partial charge in [0.25, 0.3) is 0 Å². The molecule has 0 aromatic heterocycles. The van der Waals surface area contributed by atoms with Crippen LogP contribution in [0, 0.1) is 3.57 Å². The summed E-state index contributed by atoms with van der Waals surface area (Å²) < 4.78 is 80.2. The van der Waals surface area contributed by atoms with Gasteiger partial charge in [0.15, 0.2) is 0 Å². The Bertz CT molecular complexity index is 506. The van der Waals surface area contributed by atoms with Crippen molar-refractivity contribution >= 4 is 28.6 Å². The van der Waals surface area contributed by atoms with E-state index in [0.29, 0.717) is 12.1 Å². The van der Waals surface area contributed by atoms with Gasteiger partial charge in [0.05, 0.1) is 23.8 Å². The molecule has 1 rings (SSSR count). The number of carbonyl (C=O) groups excluding carboxylic acids is 1. The van der Waals surface area contributed by atoms with E-state index in [4.69, 9.17) is 0 Å². The number of methoxy groups -OCH3 is 1. The Balaban J connectivity index is 3.74. The molecule has 0 spiro atoms. The van der Waals surface area contributed by atoms with Crippen molar-refractivity contribution in [3.8, 4) is 0 Å². The molecule has 0 bridgehead atoms. The van der Waals surface area contributed by atoms with Crippen LogP contribution in [0.3, 0.4) is 0 Å². The summed E-state index contributed by atoms with van der Waals surface area (Å²) in [4.78, 5) is 11.2. The molecule has 106 valence electrons. The largest absolute Gasteiger partial charge is 0.465 e. The highest BCUT2D eigenvalue weighted by Gasteiger charge is 2.46. The topological polar surface area (TPSA) is 26.3 Å². The summed E-state index contributed by atoms with van der Waals surface area (Å²) in [5.41, 5.74) is -5.10. The zero-order valence-electron chi connectivity index (χ0n) is 9.12. The van der Waals surface area contributed by atoms with Crippen molar-refractivity contribution in [3.05, 3.63) is 32.4 Å². The summed E-state index contributed by atoms with van der Waals surface area (Å²) >= 11 is 1.39. The third-order valence-corrected chi connectivity index (χ3v) is 2.72. The van der Waals surface area contributed by atoms with E-state index in [1.807, 2.05) is 0 Å². The van der Waals surface area contributed by atoms with Crippen LogP contribution in [0.4, 0.5) is 26.3 Å². The van der Waals surface area contributed by atoms with Crippen molar-refractivity contribution in [1.29, 1.82) is 0 Å². The summed E-state index contributed by atoms with van der Waals surface area (Å²) in [6.07, 6.45) is -10.5. The van der Waals surface area contributed by atoms with Crippen molar-refractivity contribution in [3.63, 3.8) is 0 Å². The molecular formula is C10H5F6IO2. The molecule has 0 heterocycles. The maximum Gasteiger partial charge on any atom is 0.417 e. The van der Waals surface area contributed by atoms with Crippen LogP contribution in [-0.4, -0.2) is 13.1 Å². The molecule has 1 aromatic rings. The number of carbonyl (C=O) groups is 1. The van der Waals surface area contributed by atoms with Gasteiger partial charge in [0, 0.05) is 3.57 Å². The highest BCUT2D eigenvalue weighted by molar-refractivity contribution is 14.1. The average molecular weight is 398 g/mol. The standard InChI is InChI=1S/C10H5F6IO2/c1-19-8(18)5-2-4(17)3-6(9(11,12)13)7(5)10(14,15)16/h2-3H,1H3. The van der Waals surface area contributed by atoms with Crippen LogP contribution in [-0.2, 0) is 17.1 Å². The Kier molecular flexibility index (Phi) is 4.37. The highest BCUT2D eigenvalue weighted by atomic mass is 127. The fraction of sp³-hybridized carbons (Fsp3) is 0.300. The molecule has 0 aliphatic heterocycles. The van der Waals surface area contributed by atoms with Crippen LogP contribution >= 0.6 is 22.6 Å². The van der Waals surface area contributed by atoms with Crippen LogP contribution in [0.25, 0.3) is 0 Å². The first-order chi connectivity index (χ1) is 8.48. The number of rotatable bonds is 1. The lowest BCUT2D eigenvalue weighted by Crippen LogP contribution is -2.22. The number of ether oxygens (including phenoxy) is 1. The summed E-state index contributed by atoms with van der Waals surface area (Å²) in [5, 5.41) is 0. The Morgan fingerprint density at radius 1 is 1.11 bits per heavy atom. The van der Waals surface area contributed by atoms with Gasteiger partial charge in [-0.3, -0.25) is 0 Å². The molecule has 19 heavy (non-hydrogen) atoms. The molecule has 0 aliphatic carbocycles. The number of benzene rings is 1. The van der Waals surface area contributed by atoms with E-state index in [2.05, 4.69) is 4.74 Å². The van der Waals surface area contributed by atoms with Gasteiger partial charge in [-0.2, -0.15) is 26.3 Å². The molecule has 9 heteroatoms. The Labute approximate surface area is 116 Å². The number of hydrogen-bond acceptors (Lipinski definition) is 2. The third-order valence-electron chi connectivity index (χ3n) is 2.10. The van der Waals surface area contributed by atoms with Crippen molar-refractivity contribution < 1.29 is 35.9 Å². The van der Waals surface area contributed by atoms with Gasteiger partial charge >= 0.3 is 18.3 Å². The molecule has 0 radical (unpaired) electrons. The predicted octanol–water partition coefficient (Wildman–Crippen LogP) is 4.12. The molecule has 0 amide bonds. The second-order valence-electron chi connectivity index (χ2n) is 3.36. The van der Waals surface area contributed by atoms with E-state index in [1.54, 1.807) is 0 Å². The summed E-state index contributed by atoms with van der Waals surface area (Å²) in [5.74, 6) is -1.48. The number of alkyl halides is 6. The lowest BCUT2D eigenvalue weighted by atomic mass is 10.00. The summed E-state index contributed by atoms with van der Waals surface area (Å²) in [6.45, 7) is 0. The normalized spacial score (nSPS) is 12.4. The third kappa shape index (κ3) is 3.51. The zero-order valence-corrected chi connectivity index (χ0v) is 11.3. The quantitative estimate of drug-likeness (QED) is 0.405. The predicted molar refractivity (Wildman–Crippen MR) is 60.5 cm³/mol. The van der Waals surface area contributed by atoms with E-state index in [0.717, 1.165) is 7.11 Å². The zero-order chi connectivity index (χ0) is 15.0. The van der Waals surface area contributed by atoms with Gasteiger partial charge in [0.2, 0.25) is 0 Å². The monoisotopic (exact) mass is 398 g/mol. The van der Waals surface area contributed by atoms with E-state index in [-0.39, 0.29) is 3.57 Å². The van der Waals surface area contributed by atoms with Crippen LogP contribution in [0.2, 0.25) is 0 Å². The summed E-state index contributed by atoms with van der Waals surface area (Å²) in [6, 6.07) is 1.03. The molecular weight excluding hydrogens is 393 g/mol. The van der Waals surface area contributed by atoms with Crippen LogP contribution < -0.4 is 0 Å². The van der Waals surface area contributed by atoms with Gasteiger partial charge in [-0.25, -0.2) is 4.79 Å². The molecule has 0 atom stereocenters. The van der Waals surface area contributed by atoms with Crippen LogP contribution in [0.5, 0.6) is 0 Å². The minimum absolute atomic E-state index is 0.154. The summed E-state index contributed by atoms with van der Waals surface area (Å²) in [7, 11) is 0.787. The van der Waals surface area contributed by atoms with Gasteiger partial charge in [-0.1, -0.05) is 0 Å². The van der Waals surface area contributed by atoms with Crippen molar-refractivity contribution in [2.45, 2.75) is 12.4 Å². The van der Waals surface area contributed by atoms with E-state index < -0.39 is 35.0 Å². The molecule has 0 N–H and O–H groups in total. The van der Waals surface area contributed by atoms with E-state index in [1.165, 1.54) is 22.6 Å². The van der Waals surface area contributed by atoms with Gasteiger partial charge in [-0.05, 0) is 34.7 Å². The first-order valence-electron chi connectivity index (χ1n) is 4.54. The van der Waals surface area contributed by atoms with Crippen LogP contribution in [0.1, 0.15) is 21.5 Å². The Morgan fingerprint density at radius 3 is 2.00 bits per heavy atom. The van der Waals surface area contributed by atoms with Crippen molar-refractivity contribution in [1.82, 2.24) is 0 Å². The number of esters is 1. The molecule has 1 aromatic carbocycles. The second kappa shape index (κ2) is 5.17. The minimum Gasteiger partial charge on any atom is -0.465 e. The molecule has 0 fully saturated rings. The molecule has 0 aliphatic rings. The van der Waals surface area contributed by atoms with Gasteiger partial charge < -0.3 is 4.74 Å². The Morgan fingerprint density at radius 2 is 1.63 bits per heavy atom. The lowest BCUT2D eigenvalue weighted by molar-refractivity contribution is -0.162. The fourth-order valence-electron chi connectivity index (χ4n) is 1.41.